The van der Waals surface area contributed by atoms with Crippen molar-refractivity contribution in [3.63, 3.8) is 0 Å². The van der Waals surface area contributed by atoms with Gasteiger partial charge in [-0.05, 0) is 48.3 Å². The minimum absolute atomic E-state index is 0.0129. The third kappa shape index (κ3) is 5.15. The average molecular weight is 393 g/mol. The lowest BCUT2D eigenvalue weighted by atomic mass is 10.1. The van der Waals surface area contributed by atoms with Gasteiger partial charge in [0.25, 0.3) is 0 Å². The molecule has 2 aromatic heterocycles. The number of nitrogens with one attached hydrogen (secondary N) is 2. The highest BCUT2D eigenvalue weighted by Crippen LogP contribution is 2.24. The second-order valence-corrected chi connectivity index (χ2v) is 6.24. The first-order chi connectivity index (χ1) is 13.0. The van der Waals surface area contributed by atoms with Crippen LogP contribution in [0.4, 0.5) is 4.39 Å². The highest BCUT2D eigenvalue weighted by atomic mass is 35.5. The first-order valence-corrected chi connectivity index (χ1v) is 8.73. The van der Waals surface area contributed by atoms with E-state index in [1.807, 2.05) is 18.2 Å². The van der Waals surface area contributed by atoms with Gasteiger partial charge in [-0.25, -0.2) is 14.4 Å². The molecule has 0 radical (unpaired) electrons. The predicted octanol–water partition coefficient (Wildman–Crippen LogP) is 2.94. The van der Waals surface area contributed by atoms with Crippen LogP contribution >= 0.6 is 11.6 Å². The third-order valence-corrected chi connectivity index (χ3v) is 4.11. The van der Waals surface area contributed by atoms with Crippen molar-refractivity contribution in [3.8, 4) is 5.75 Å². The average Bonchev–Trinajstić information content (AvgIpc) is 3.02. The molecule has 0 aliphatic carbocycles. The van der Waals surface area contributed by atoms with Crippen LogP contribution in [0, 0.1) is 5.82 Å². The molecule has 2 heterocycles. The molecular formula is C18H18ClFN4O3. The number of nitrogens with zero attached hydrogens (tertiary/aromatic N) is 2. The van der Waals surface area contributed by atoms with Crippen molar-refractivity contribution >= 4 is 28.5 Å². The number of hydrogen-bond acceptors (Lipinski definition) is 5. The first-order valence-electron chi connectivity index (χ1n) is 8.35. The number of aromatic nitrogens is 3. The highest BCUT2D eigenvalue weighted by molar-refractivity contribution is 6.28. The zero-order valence-electron chi connectivity index (χ0n) is 14.3. The maximum atomic E-state index is 13.5. The number of carbonyl (C=O) groups is 1. The van der Waals surface area contributed by atoms with E-state index in [1.54, 1.807) is 6.20 Å². The summed E-state index contributed by atoms with van der Waals surface area (Å²) in [5.74, 6) is -0.711. The lowest BCUT2D eigenvalue weighted by molar-refractivity contribution is -0.136. The standard InChI is InChI=1S/C18H18ClFN4O3/c19-18-23-9-14(20)16(24-18)10-21-4-1-5-27-12-2-3-15-13(7-12)11(8-22-15)6-17(25)26/h2-3,7-9,21-22H,1,4-6,10H2,(H,25,26). The van der Waals surface area contributed by atoms with Gasteiger partial charge in [-0.1, -0.05) is 0 Å². The smallest absolute Gasteiger partial charge is 0.307 e. The summed E-state index contributed by atoms with van der Waals surface area (Å²) in [4.78, 5) is 21.4. The zero-order chi connectivity index (χ0) is 19.2. The number of ether oxygens (including phenoxy) is 1. The fraction of sp³-hybridized carbons (Fsp3) is 0.278. The van der Waals surface area contributed by atoms with Crippen LogP contribution in [0.25, 0.3) is 10.9 Å². The van der Waals surface area contributed by atoms with E-state index < -0.39 is 11.8 Å². The van der Waals surface area contributed by atoms with Gasteiger partial charge in [0.15, 0.2) is 5.82 Å². The maximum absolute atomic E-state index is 13.5. The van der Waals surface area contributed by atoms with E-state index in [1.165, 1.54) is 0 Å². The van der Waals surface area contributed by atoms with Gasteiger partial charge in [0.2, 0.25) is 5.28 Å². The van der Waals surface area contributed by atoms with Crippen LogP contribution in [0.3, 0.4) is 0 Å². The number of aliphatic carboxylic acids is 1. The van der Waals surface area contributed by atoms with Crippen LogP contribution in [0.5, 0.6) is 5.75 Å². The van der Waals surface area contributed by atoms with E-state index in [9.17, 15) is 9.18 Å². The molecule has 3 rings (SSSR count). The van der Waals surface area contributed by atoms with Gasteiger partial charge in [-0.15, -0.1) is 0 Å². The van der Waals surface area contributed by atoms with E-state index in [2.05, 4.69) is 20.3 Å². The molecule has 0 bridgehead atoms. The number of rotatable bonds is 9. The van der Waals surface area contributed by atoms with Crippen LogP contribution in [0.2, 0.25) is 5.28 Å². The molecule has 142 valence electrons. The lowest BCUT2D eigenvalue weighted by Crippen LogP contribution is -2.18. The Balaban J connectivity index is 1.46. The number of halogens is 2. The lowest BCUT2D eigenvalue weighted by Gasteiger charge is -2.08. The summed E-state index contributed by atoms with van der Waals surface area (Å²) in [6.07, 6.45) is 3.40. The van der Waals surface area contributed by atoms with E-state index in [4.69, 9.17) is 21.4 Å². The number of H-pyrrole nitrogens is 1. The summed E-state index contributed by atoms with van der Waals surface area (Å²) >= 11 is 5.65. The minimum atomic E-state index is -0.880. The Morgan fingerprint density at radius 1 is 1.41 bits per heavy atom. The molecule has 0 saturated heterocycles. The molecule has 3 N–H and O–H groups in total. The van der Waals surface area contributed by atoms with Crippen molar-refractivity contribution in [2.24, 2.45) is 0 Å². The van der Waals surface area contributed by atoms with E-state index in [-0.39, 0.29) is 23.9 Å². The molecule has 0 aliphatic rings. The molecule has 0 fully saturated rings. The second kappa shape index (κ2) is 8.79. The van der Waals surface area contributed by atoms with Crippen molar-refractivity contribution in [2.45, 2.75) is 19.4 Å². The summed E-state index contributed by atoms with van der Waals surface area (Å²) in [5.41, 5.74) is 1.81. The molecule has 0 amide bonds. The van der Waals surface area contributed by atoms with E-state index in [0.29, 0.717) is 25.3 Å². The molecule has 1 aromatic carbocycles. The predicted molar refractivity (Wildman–Crippen MR) is 98.5 cm³/mol. The Morgan fingerprint density at radius 3 is 3.07 bits per heavy atom. The number of fused-ring (bicyclic) bond motifs is 1. The van der Waals surface area contributed by atoms with Crippen molar-refractivity contribution in [2.75, 3.05) is 13.2 Å². The quantitative estimate of drug-likeness (QED) is 0.382. The third-order valence-electron chi connectivity index (χ3n) is 3.93. The first kappa shape index (κ1) is 19.1. The summed E-state index contributed by atoms with van der Waals surface area (Å²) < 4.78 is 19.2. The van der Waals surface area contributed by atoms with Crippen molar-refractivity contribution in [1.29, 1.82) is 0 Å². The monoisotopic (exact) mass is 392 g/mol. The molecule has 0 unspecified atom stereocenters. The topological polar surface area (TPSA) is 100 Å². The highest BCUT2D eigenvalue weighted by Gasteiger charge is 2.09. The number of hydrogen-bond donors (Lipinski definition) is 3. The van der Waals surface area contributed by atoms with Gasteiger partial charge in [0, 0.05) is 23.6 Å². The Labute approximate surface area is 159 Å². The molecule has 9 heteroatoms. The molecule has 7 nitrogen and oxygen atoms in total. The van der Waals surface area contributed by atoms with Gasteiger partial charge in [-0.2, -0.15) is 0 Å². The van der Waals surface area contributed by atoms with Crippen molar-refractivity contribution in [1.82, 2.24) is 20.3 Å². The molecule has 0 spiro atoms. The fourth-order valence-corrected chi connectivity index (χ4v) is 2.80. The van der Waals surface area contributed by atoms with Crippen molar-refractivity contribution in [3.05, 3.63) is 53.0 Å². The summed E-state index contributed by atoms with van der Waals surface area (Å²) in [7, 11) is 0. The zero-order valence-corrected chi connectivity index (χ0v) is 15.1. The molecule has 0 aliphatic heterocycles. The van der Waals surface area contributed by atoms with Crippen molar-refractivity contribution < 1.29 is 19.0 Å². The number of carboxylic acids is 1. The Bertz CT molecular complexity index is 948. The van der Waals surface area contributed by atoms with Crippen LogP contribution in [0.1, 0.15) is 17.7 Å². The van der Waals surface area contributed by atoms with Gasteiger partial charge in [0.05, 0.1) is 24.9 Å². The van der Waals surface area contributed by atoms with Gasteiger partial charge >= 0.3 is 5.97 Å². The number of aromatic amines is 1. The van der Waals surface area contributed by atoms with Crippen LogP contribution in [-0.4, -0.2) is 39.2 Å². The Morgan fingerprint density at radius 2 is 2.26 bits per heavy atom. The number of benzene rings is 1. The summed E-state index contributed by atoms with van der Waals surface area (Å²) in [6.45, 7) is 1.32. The molecule has 0 atom stereocenters. The van der Waals surface area contributed by atoms with Gasteiger partial charge in [-0.3, -0.25) is 4.79 Å². The minimum Gasteiger partial charge on any atom is -0.494 e. The van der Waals surface area contributed by atoms with Crippen LogP contribution < -0.4 is 10.1 Å². The van der Waals surface area contributed by atoms with Gasteiger partial charge in [0.1, 0.15) is 5.75 Å². The number of carboxylic acid groups (broad SMARTS) is 1. The maximum Gasteiger partial charge on any atom is 0.307 e. The molecule has 3 aromatic rings. The molecular weight excluding hydrogens is 375 g/mol. The Hall–Kier alpha value is -2.71. The largest absolute Gasteiger partial charge is 0.494 e. The second-order valence-electron chi connectivity index (χ2n) is 5.90. The SMILES string of the molecule is O=C(O)Cc1c[nH]c2ccc(OCCCNCc3nc(Cl)ncc3F)cc12. The molecule has 0 saturated carbocycles. The summed E-state index contributed by atoms with van der Waals surface area (Å²) in [6, 6.07) is 5.51. The van der Waals surface area contributed by atoms with Crippen LogP contribution in [0.15, 0.2) is 30.6 Å². The summed E-state index contributed by atoms with van der Waals surface area (Å²) in [5, 5.41) is 12.9. The van der Waals surface area contributed by atoms with E-state index >= 15 is 0 Å². The molecule has 27 heavy (non-hydrogen) atoms. The Kier molecular flexibility index (Phi) is 6.20. The van der Waals surface area contributed by atoms with Gasteiger partial charge < -0.3 is 20.1 Å². The van der Waals surface area contributed by atoms with Crippen LogP contribution in [-0.2, 0) is 17.8 Å². The van der Waals surface area contributed by atoms with E-state index in [0.717, 1.165) is 22.7 Å². The normalized spacial score (nSPS) is 11.0. The fourth-order valence-electron chi connectivity index (χ4n) is 2.65.